The van der Waals surface area contributed by atoms with E-state index < -0.39 is 0 Å². The molecule has 0 N–H and O–H groups in total. The molecule has 0 saturated heterocycles. The summed E-state index contributed by atoms with van der Waals surface area (Å²) in [5.74, 6) is 0.0881. The maximum atomic E-state index is 6.24. The van der Waals surface area contributed by atoms with Gasteiger partial charge in [0, 0.05) is 51.7 Å². The number of pyridine rings is 2. The number of allylic oxidation sites excluding steroid dienone is 1. The quantitative estimate of drug-likeness (QED) is 0.183. The molecule has 0 radical (unpaired) electrons. The highest BCUT2D eigenvalue weighted by atomic mass is 16.3. The van der Waals surface area contributed by atoms with E-state index in [4.69, 9.17) is 14.4 Å². The first-order valence-corrected chi connectivity index (χ1v) is 19.1. The zero-order valence-corrected chi connectivity index (χ0v) is 31.0. The van der Waals surface area contributed by atoms with Gasteiger partial charge in [-0.1, -0.05) is 87.5 Å². The van der Waals surface area contributed by atoms with Gasteiger partial charge in [0.15, 0.2) is 0 Å². The van der Waals surface area contributed by atoms with E-state index in [-0.39, 0.29) is 5.92 Å². The van der Waals surface area contributed by atoms with Gasteiger partial charge in [-0.25, -0.2) is 0 Å². The smallest absolute Gasteiger partial charge is 0.135 e. The number of para-hydroxylation sites is 3. The largest absolute Gasteiger partial charge is 0.456 e. The molecule has 6 heterocycles. The number of fused-ring (bicyclic) bond motifs is 11. The Morgan fingerprint density at radius 1 is 0.582 bits per heavy atom. The van der Waals surface area contributed by atoms with Crippen LogP contribution in [0, 0.1) is 0 Å². The van der Waals surface area contributed by atoms with Crippen molar-refractivity contribution in [3.63, 3.8) is 0 Å². The second-order valence-corrected chi connectivity index (χ2v) is 13.9. The normalized spacial score (nSPS) is 14.7. The van der Waals surface area contributed by atoms with Crippen molar-refractivity contribution < 1.29 is 4.42 Å². The number of hydrogen-bond donors (Lipinski definition) is 0. The van der Waals surface area contributed by atoms with Gasteiger partial charge < -0.3 is 18.5 Å². The average Bonchev–Trinajstić information content (AvgIpc) is 3.91. The highest BCUT2D eigenvalue weighted by Gasteiger charge is 2.29. The maximum Gasteiger partial charge on any atom is 0.135 e. The van der Waals surface area contributed by atoms with Gasteiger partial charge in [0.1, 0.15) is 11.2 Å². The third-order valence-corrected chi connectivity index (χ3v) is 10.9. The van der Waals surface area contributed by atoms with Crippen LogP contribution in [0.25, 0.3) is 72.4 Å². The van der Waals surface area contributed by atoms with Crippen molar-refractivity contribution in [3.05, 3.63) is 175 Å². The number of nitrogens with zero attached hydrogens (tertiary/aromatic N) is 5. The highest BCUT2D eigenvalue weighted by Crippen LogP contribution is 2.47. The van der Waals surface area contributed by atoms with Crippen LogP contribution in [0.1, 0.15) is 43.5 Å². The summed E-state index contributed by atoms with van der Waals surface area (Å²) in [6.07, 6.45) is 8.49. The van der Waals surface area contributed by atoms with E-state index >= 15 is 0 Å². The van der Waals surface area contributed by atoms with Crippen LogP contribution in [0.4, 0.5) is 11.4 Å². The molecule has 1 unspecified atom stereocenters. The van der Waals surface area contributed by atoms with Crippen molar-refractivity contribution >= 4 is 72.4 Å². The molecule has 6 nitrogen and oxygen atoms in total. The molecular formula is C49H39N5O. The topological polar surface area (TPSA) is 52.0 Å². The Bertz CT molecular complexity index is 3060. The van der Waals surface area contributed by atoms with E-state index in [0.29, 0.717) is 6.54 Å². The molecule has 0 aliphatic carbocycles. The number of aromatic nitrogens is 4. The Kier molecular flexibility index (Phi) is 7.84. The number of rotatable bonds is 3. The van der Waals surface area contributed by atoms with Crippen LogP contribution < -0.4 is 4.90 Å². The molecule has 1 aliphatic heterocycles. The fourth-order valence-electron chi connectivity index (χ4n) is 8.49. The van der Waals surface area contributed by atoms with Crippen molar-refractivity contribution in [2.24, 2.45) is 0 Å². The van der Waals surface area contributed by atoms with Crippen molar-refractivity contribution in [2.45, 2.75) is 33.2 Å². The van der Waals surface area contributed by atoms with E-state index in [1.165, 1.54) is 11.3 Å². The molecule has 0 saturated carbocycles. The third-order valence-electron chi connectivity index (χ3n) is 10.9. The number of hydrogen-bond acceptors (Lipinski definition) is 4. The Labute approximate surface area is 319 Å². The predicted molar refractivity (Wildman–Crippen MR) is 228 cm³/mol. The summed E-state index contributed by atoms with van der Waals surface area (Å²) < 4.78 is 11.0. The first-order valence-electron chi connectivity index (χ1n) is 19.1. The lowest BCUT2D eigenvalue weighted by molar-refractivity contribution is 0.669. The van der Waals surface area contributed by atoms with Crippen molar-refractivity contribution in [1.82, 2.24) is 19.1 Å². The molecule has 11 rings (SSSR count). The van der Waals surface area contributed by atoms with Crippen molar-refractivity contribution in [1.29, 1.82) is 0 Å². The van der Waals surface area contributed by atoms with E-state index in [1.807, 2.05) is 50.5 Å². The van der Waals surface area contributed by atoms with Gasteiger partial charge in [-0.05, 0) is 90.5 Å². The number of benzene rings is 5. The lowest BCUT2D eigenvalue weighted by atomic mass is 9.95. The fourth-order valence-corrected chi connectivity index (χ4v) is 8.49. The van der Waals surface area contributed by atoms with E-state index in [0.717, 1.165) is 83.2 Å². The summed E-state index contributed by atoms with van der Waals surface area (Å²) in [5.41, 5.74) is 15.0. The molecule has 0 fully saturated rings. The van der Waals surface area contributed by atoms with Crippen LogP contribution in [0.2, 0.25) is 0 Å². The molecule has 0 bridgehead atoms. The number of furan rings is 1. The zero-order valence-electron chi connectivity index (χ0n) is 31.0. The summed E-state index contributed by atoms with van der Waals surface area (Å²) in [5, 5.41) is 3.35. The monoisotopic (exact) mass is 713 g/mol. The molecular weight excluding hydrogens is 675 g/mol. The van der Waals surface area contributed by atoms with Crippen LogP contribution in [0.15, 0.2) is 162 Å². The molecule has 10 aromatic rings. The lowest BCUT2D eigenvalue weighted by Gasteiger charge is -2.29. The summed E-state index contributed by atoms with van der Waals surface area (Å²) >= 11 is 0. The van der Waals surface area contributed by atoms with Gasteiger partial charge in [0.25, 0.3) is 0 Å². The molecule has 1 aliphatic rings. The maximum absolute atomic E-state index is 6.24. The van der Waals surface area contributed by atoms with Gasteiger partial charge >= 0.3 is 0 Å². The minimum atomic E-state index is 0.0881. The van der Waals surface area contributed by atoms with Crippen LogP contribution in [-0.4, -0.2) is 19.1 Å². The minimum Gasteiger partial charge on any atom is -0.456 e. The van der Waals surface area contributed by atoms with E-state index in [1.54, 1.807) is 0 Å². The minimum absolute atomic E-state index is 0.0881. The first-order chi connectivity index (χ1) is 27.2. The average molecular weight is 714 g/mol. The standard InChI is InChI=1S/C47H33N5O.C2H6/c1-30-20-23-38-37(45-40(17-10-26-48-45)52(38)33-21-25-43-36(28-33)35-16-8-9-19-42(35)53-43)29-50(31-12-4-2-5-13-31)47-34(30)22-24-39-44(47)46-41(18-11-27-49-46)51(39)32-14-6-3-7-15-32;1-2/h2-28,30H,29H2,1H3;1-2H3/b23-20-;. The number of anilines is 2. The van der Waals surface area contributed by atoms with Gasteiger partial charge in [-0.2, -0.15) is 0 Å². The second kappa shape index (κ2) is 13.2. The third kappa shape index (κ3) is 5.09. The summed E-state index contributed by atoms with van der Waals surface area (Å²) in [6, 6.07) is 49.2. The molecule has 5 aromatic carbocycles. The second-order valence-electron chi connectivity index (χ2n) is 13.9. The molecule has 55 heavy (non-hydrogen) atoms. The molecule has 6 heteroatoms. The Morgan fingerprint density at radius 3 is 2.04 bits per heavy atom. The predicted octanol–water partition coefficient (Wildman–Crippen LogP) is 12.9. The van der Waals surface area contributed by atoms with Crippen LogP contribution in [0.5, 0.6) is 0 Å². The Balaban J connectivity index is 0.00000183. The fraction of sp³-hybridized carbons (Fsp3) is 0.102. The van der Waals surface area contributed by atoms with Gasteiger partial charge in [-0.15, -0.1) is 0 Å². The Morgan fingerprint density at radius 2 is 1.25 bits per heavy atom. The van der Waals surface area contributed by atoms with Crippen LogP contribution in [0.3, 0.4) is 0 Å². The molecule has 5 aromatic heterocycles. The molecule has 0 spiro atoms. The lowest BCUT2D eigenvalue weighted by Crippen LogP contribution is -2.19. The molecule has 1 atom stereocenters. The molecule has 266 valence electrons. The highest BCUT2D eigenvalue weighted by molar-refractivity contribution is 6.15. The van der Waals surface area contributed by atoms with Crippen molar-refractivity contribution in [2.75, 3.05) is 4.90 Å². The van der Waals surface area contributed by atoms with Gasteiger partial charge in [0.2, 0.25) is 0 Å². The SMILES string of the molecule is CC.CC1/C=C\c2c(c3ncccc3n2-c2ccc3oc4ccccc4c3c2)CN(c2ccccc2)c2c1ccc1c2c2ncccc2n1-c1ccccc1. The molecule has 0 amide bonds. The summed E-state index contributed by atoms with van der Waals surface area (Å²) in [4.78, 5) is 12.7. The summed E-state index contributed by atoms with van der Waals surface area (Å²) in [7, 11) is 0. The Hall–Kier alpha value is -6.92. The van der Waals surface area contributed by atoms with Crippen molar-refractivity contribution in [3.8, 4) is 11.4 Å². The van der Waals surface area contributed by atoms with E-state index in [9.17, 15) is 0 Å². The summed E-state index contributed by atoms with van der Waals surface area (Å²) in [6.45, 7) is 6.90. The van der Waals surface area contributed by atoms with Crippen LogP contribution in [-0.2, 0) is 6.54 Å². The van der Waals surface area contributed by atoms with Crippen LogP contribution >= 0.6 is 0 Å². The zero-order chi connectivity index (χ0) is 37.0. The first kappa shape index (κ1) is 32.7. The van der Waals surface area contributed by atoms with Gasteiger partial charge in [0.05, 0.1) is 50.9 Å². The van der Waals surface area contributed by atoms with E-state index in [2.05, 4.69) is 148 Å². The van der Waals surface area contributed by atoms with Gasteiger partial charge in [-0.3, -0.25) is 9.97 Å².